The number of alkyl halides is 2. The van der Waals surface area contributed by atoms with Gasteiger partial charge in [-0.2, -0.15) is 8.78 Å². The molecule has 9 heteroatoms. The molecule has 0 saturated heterocycles. The van der Waals surface area contributed by atoms with Gasteiger partial charge in [0, 0.05) is 36.3 Å². The van der Waals surface area contributed by atoms with Gasteiger partial charge in [-0.3, -0.25) is 4.79 Å². The second kappa shape index (κ2) is 9.91. The molecule has 0 spiro atoms. The second-order valence-electron chi connectivity index (χ2n) is 8.26. The van der Waals surface area contributed by atoms with Gasteiger partial charge in [0.1, 0.15) is 0 Å². The van der Waals surface area contributed by atoms with E-state index in [0.29, 0.717) is 22.7 Å². The maximum absolute atomic E-state index is 14.6. The first-order valence-corrected chi connectivity index (χ1v) is 11.2. The first-order valence-electron chi connectivity index (χ1n) is 11.2. The van der Waals surface area contributed by atoms with Crippen LogP contribution in [-0.2, 0) is 0 Å². The molecule has 2 aliphatic rings. The minimum atomic E-state index is -3.17. The summed E-state index contributed by atoms with van der Waals surface area (Å²) in [4.78, 5) is 14.3. The average Bonchev–Trinajstić information content (AvgIpc) is 3.50. The number of likely N-dealkylation sites (N-methyl/N-ethyl adjacent to an activating group) is 1. The maximum atomic E-state index is 14.6. The molecule has 4 N–H and O–H groups in total. The molecule has 1 saturated carbocycles. The molecule has 2 heterocycles. The molecule has 1 aromatic heterocycles. The van der Waals surface area contributed by atoms with E-state index in [9.17, 15) is 18.0 Å². The highest BCUT2D eigenvalue weighted by molar-refractivity contribution is 6.11. The van der Waals surface area contributed by atoms with Crippen molar-refractivity contribution in [1.82, 2.24) is 9.47 Å². The standard InChI is InChI=1S/C22H25F3N4O2.C2H6/c1-11(7-12-3-4-12)29-16-9-17(31-22(24)25)15(23)8-14(16)19(21(27)30)20(29)13-5-6-18(26)28(2)10-13;1-2/h5-6,8-12,18,22H,3-4,7,26H2,1-2H3,(H2,27,30);1-2H3/t11-,18?;/m0./s1. The summed E-state index contributed by atoms with van der Waals surface area (Å²) >= 11 is 0. The first kappa shape index (κ1) is 24.7. The zero-order valence-electron chi connectivity index (χ0n) is 19.3. The molecule has 1 aliphatic carbocycles. The number of hydrogen-bond donors (Lipinski definition) is 2. The Morgan fingerprint density at radius 1 is 1.27 bits per heavy atom. The largest absolute Gasteiger partial charge is 0.432 e. The van der Waals surface area contributed by atoms with Crippen LogP contribution < -0.4 is 16.2 Å². The predicted molar refractivity (Wildman–Crippen MR) is 123 cm³/mol. The summed E-state index contributed by atoms with van der Waals surface area (Å²) in [6.45, 7) is 2.82. The van der Waals surface area contributed by atoms with Crippen LogP contribution in [0.5, 0.6) is 5.75 Å². The van der Waals surface area contributed by atoms with Gasteiger partial charge in [-0.25, -0.2) is 4.39 Å². The van der Waals surface area contributed by atoms with Gasteiger partial charge in [-0.05, 0) is 31.4 Å². The Labute approximate surface area is 191 Å². The number of nitrogens with two attached hydrogens (primary N) is 2. The van der Waals surface area contributed by atoms with Crippen LogP contribution >= 0.6 is 0 Å². The van der Waals surface area contributed by atoms with E-state index in [1.165, 1.54) is 6.07 Å². The lowest BCUT2D eigenvalue weighted by Gasteiger charge is -2.27. The number of halogens is 3. The smallest absolute Gasteiger partial charge is 0.387 e. The number of ether oxygens (including phenoxy) is 1. The lowest BCUT2D eigenvalue weighted by Crippen LogP contribution is -2.35. The number of nitrogens with zero attached hydrogens (tertiary/aromatic N) is 2. The van der Waals surface area contributed by atoms with E-state index in [0.717, 1.165) is 25.3 Å². The highest BCUT2D eigenvalue weighted by Gasteiger charge is 2.31. The highest BCUT2D eigenvalue weighted by atomic mass is 19.3. The van der Waals surface area contributed by atoms with Crippen molar-refractivity contribution in [2.45, 2.75) is 58.9 Å². The Balaban J connectivity index is 0.00000149. The molecule has 1 aromatic carbocycles. The number of rotatable bonds is 7. The van der Waals surface area contributed by atoms with Crippen molar-refractivity contribution in [2.24, 2.45) is 17.4 Å². The summed E-state index contributed by atoms with van der Waals surface area (Å²) in [6.07, 6.45) is 8.11. The van der Waals surface area contributed by atoms with E-state index in [1.54, 1.807) is 30.3 Å². The molecule has 2 atom stereocenters. The van der Waals surface area contributed by atoms with Crippen molar-refractivity contribution in [3.05, 3.63) is 47.6 Å². The number of primary amides is 1. The Hall–Kier alpha value is -2.94. The predicted octanol–water partition coefficient (Wildman–Crippen LogP) is 5.00. The third-order valence-electron chi connectivity index (χ3n) is 5.89. The van der Waals surface area contributed by atoms with Crippen molar-refractivity contribution in [2.75, 3.05) is 7.05 Å². The third-order valence-corrected chi connectivity index (χ3v) is 5.89. The SMILES string of the molecule is CC.C[C@@H](CC1CC1)n1c(C2=CN(C)C(N)C=C2)c(C(N)=O)c2cc(F)c(OC(F)F)cc21. The van der Waals surface area contributed by atoms with Crippen LogP contribution in [0.3, 0.4) is 0 Å². The first-order chi connectivity index (χ1) is 15.7. The highest BCUT2D eigenvalue weighted by Crippen LogP contribution is 2.42. The quantitative estimate of drug-likeness (QED) is 0.604. The van der Waals surface area contributed by atoms with E-state index < -0.39 is 24.1 Å². The van der Waals surface area contributed by atoms with Crippen molar-refractivity contribution >= 4 is 22.4 Å². The average molecular weight is 465 g/mol. The molecule has 180 valence electrons. The summed E-state index contributed by atoms with van der Waals surface area (Å²) in [7, 11) is 1.80. The molecule has 1 fully saturated rings. The third kappa shape index (κ3) is 5.03. The zero-order valence-corrected chi connectivity index (χ0v) is 19.3. The minimum absolute atomic E-state index is 0.0850. The lowest BCUT2D eigenvalue weighted by atomic mass is 10.0. The zero-order chi connectivity index (χ0) is 24.4. The Kier molecular flexibility index (Phi) is 7.41. The van der Waals surface area contributed by atoms with Gasteiger partial charge in [-0.15, -0.1) is 0 Å². The summed E-state index contributed by atoms with van der Waals surface area (Å²) in [5.74, 6) is -1.73. The van der Waals surface area contributed by atoms with Gasteiger partial charge in [0.15, 0.2) is 11.6 Å². The molecule has 1 amide bonds. The molecular weight excluding hydrogens is 433 g/mol. The molecule has 1 aliphatic heterocycles. The molecule has 0 radical (unpaired) electrons. The molecular formula is C24H31F3N4O2. The van der Waals surface area contributed by atoms with Crippen molar-refractivity contribution < 1.29 is 22.7 Å². The number of benzene rings is 1. The molecule has 33 heavy (non-hydrogen) atoms. The number of fused-ring (bicyclic) bond motifs is 1. The molecule has 0 bridgehead atoms. The molecule has 2 aromatic rings. The van der Waals surface area contributed by atoms with Gasteiger partial charge < -0.3 is 25.7 Å². The van der Waals surface area contributed by atoms with Crippen molar-refractivity contribution in [3.63, 3.8) is 0 Å². The fourth-order valence-corrected chi connectivity index (χ4v) is 4.26. The Morgan fingerprint density at radius 2 is 1.94 bits per heavy atom. The fourth-order valence-electron chi connectivity index (χ4n) is 4.26. The summed E-state index contributed by atoms with van der Waals surface area (Å²) in [5.41, 5.74) is 13.5. The van der Waals surface area contributed by atoms with Gasteiger partial charge in [0.25, 0.3) is 5.91 Å². The summed E-state index contributed by atoms with van der Waals surface area (Å²) < 4.78 is 46.5. The van der Waals surface area contributed by atoms with Crippen LogP contribution in [0.2, 0.25) is 0 Å². The maximum Gasteiger partial charge on any atom is 0.387 e. The van der Waals surface area contributed by atoms with E-state index in [-0.39, 0.29) is 23.2 Å². The van der Waals surface area contributed by atoms with Crippen LogP contribution in [0.25, 0.3) is 16.5 Å². The summed E-state index contributed by atoms with van der Waals surface area (Å²) in [5, 5.41) is 0.260. The van der Waals surface area contributed by atoms with Gasteiger partial charge in [-0.1, -0.05) is 32.8 Å². The number of amides is 1. The van der Waals surface area contributed by atoms with Gasteiger partial charge >= 0.3 is 6.61 Å². The Bertz CT molecular complexity index is 1090. The van der Waals surface area contributed by atoms with Crippen molar-refractivity contribution in [3.8, 4) is 5.75 Å². The minimum Gasteiger partial charge on any atom is -0.432 e. The van der Waals surface area contributed by atoms with Crippen LogP contribution in [0, 0.1) is 11.7 Å². The number of hydrogen-bond acceptors (Lipinski definition) is 4. The fraction of sp³-hybridized carbons (Fsp3) is 0.458. The molecule has 6 nitrogen and oxygen atoms in total. The topological polar surface area (TPSA) is 86.5 Å². The van der Waals surface area contributed by atoms with Crippen LogP contribution in [0.1, 0.15) is 62.1 Å². The summed E-state index contributed by atoms with van der Waals surface area (Å²) in [6, 6.07) is 2.18. The van der Waals surface area contributed by atoms with Crippen LogP contribution in [-0.4, -0.2) is 35.2 Å². The molecule has 1 unspecified atom stereocenters. The van der Waals surface area contributed by atoms with Crippen LogP contribution in [0.4, 0.5) is 13.2 Å². The van der Waals surface area contributed by atoms with E-state index >= 15 is 0 Å². The van der Waals surface area contributed by atoms with Gasteiger partial charge in [0.05, 0.1) is 22.9 Å². The molecule has 4 rings (SSSR count). The van der Waals surface area contributed by atoms with Gasteiger partial charge in [0.2, 0.25) is 0 Å². The lowest BCUT2D eigenvalue weighted by molar-refractivity contribution is -0.0521. The second-order valence-corrected chi connectivity index (χ2v) is 8.26. The van der Waals surface area contributed by atoms with Crippen molar-refractivity contribution in [1.29, 1.82) is 0 Å². The van der Waals surface area contributed by atoms with E-state index in [2.05, 4.69) is 4.74 Å². The number of carbonyl (C=O) groups is 1. The monoisotopic (exact) mass is 464 g/mol. The van der Waals surface area contributed by atoms with E-state index in [4.69, 9.17) is 11.5 Å². The number of allylic oxidation sites excluding steroid dienone is 2. The Morgan fingerprint density at radius 3 is 2.48 bits per heavy atom. The normalized spacial score (nSPS) is 18.8. The number of carbonyl (C=O) groups excluding carboxylic acids is 1. The van der Waals surface area contributed by atoms with E-state index in [1.807, 2.05) is 25.3 Å². The number of aromatic nitrogens is 1. The van der Waals surface area contributed by atoms with Crippen LogP contribution in [0.15, 0.2) is 30.5 Å².